The fourth-order valence-corrected chi connectivity index (χ4v) is 4.54. The van der Waals surface area contributed by atoms with Gasteiger partial charge in [-0.05, 0) is 55.6 Å². The zero-order valence-corrected chi connectivity index (χ0v) is 20.4. The van der Waals surface area contributed by atoms with E-state index in [1.807, 2.05) is 73.7 Å². The molecule has 1 aromatic heterocycles. The summed E-state index contributed by atoms with van der Waals surface area (Å²) in [6, 6.07) is 26.1. The van der Waals surface area contributed by atoms with Gasteiger partial charge in [-0.1, -0.05) is 36.4 Å². The van der Waals surface area contributed by atoms with E-state index in [1.54, 1.807) is 7.05 Å². The van der Waals surface area contributed by atoms with Crippen molar-refractivity contribution in [3.8, 4) is 17.2 Å². The van der Waals surface area contributed by atoms with E-state index in [0.717, 1.165) is 52.1 Å². The summed E-state index contributed by atoms with van der Waals surface area (Å²) in [5.41, 5.74) is 12.9. The lowest BCUT2D eigenvalue weighted by Gasteiger charge is -2.14. The molecular formula is C29H29N5O2. The topological polar surface area (TPSA) is 86.2 Å². The Kier molecular flexibility index (Phi) is 6.56. The Morgan fingerprint density at radius 1 is 1.08 bits per heavy atom. The van der Waals surface area contributed by atoms with Gasteiger partial charge in [-0.2, -0.15) is 0 Å². The average Bonchev–Trinajstić information content (AvgIpc) is 3.45. The van der Waals surface area contributed by atoms with Crippen LogP contribution in [0.15, 0.2) is 88.8 Å². The van der Waals surface area contributed by atoms with Crippen LogP contribution in [0.1, 0.15) is 35.5 Å². The van der Waals surface area contributed by atoms with E-state index >= 15 is 0 Å². The highest BCUT2D eigenvalue weighted by Gasteiger charge is 2.33. The second-order valence-corrected chi connectivity index (χ2v) is 8.58. The molecule has 2 heterocycles. The van der Waals surface area contributed by atoms with Gasteiger partial charge in [-0.25, -0.2) is 0 Å². The van der Waals surface area contributed by atoms with Gasteiger partial charge in [0.2, 0.25) is 0 Å². The highest BCUT2D eigenvalue weighted by molar-refractivity contribution is 6.02. The summed E-state index contributed by atoms with van der Waals surface area (Å²) in [5, 5.41) is 3.44. The van der Waals surface area contributed by atoms with Crippen molar-refractivity contribution in [1.82, 2.24) is 4.57 Å². The molecule has 1 unspecified atom stereocenters. The van der Waals surface area contributed by atoms with Gasteiger partial charge in [-0.15, -0.1) is 0 Å². The molecule has 0 saturated heterocycles. The fraction of sp³-hybridized carbons (Fsp3) is 0.172. The van der Waals surface area contributed by atoms with Crippen LogP contribution in [0.3, 0.4) is 0 Å². The van der Waals surface area contributed by atoms with Gasteiger partial charge in [-0.3, -0.25) is 9.98 Å². The molecular weight excluding hydrogens is 450 g/mol. The van der Waals surface area contributed by atoms with Crippen LogP contribution in [0.25, 0.3) is 5.69 Å². The van der Waals surface area contributed by atoms with Crippen LogP contribution in [0, 0.1) is 0 Å². The lowest BCUT2D eigenvalue weighted by atomic mass is 10.1. The van der Waals surface area contributed by atoms with Crippen molar-refractivity contribution >= 4 is 23.9 Å². The van der Waals surface area contributed by atoms with Gasteiger partial charge < -0.3 is 25.1 Å². The number of ether oxygens (including phenoxy) is 2. The Balaban J connectivity index is 1.38. The predicted molar refractivity (Wildman–Crippen MR) is 145 cm³/mol. The van der Waals surface area contributed by atoms with E-state index < -0.39 is 0 Å². The summed E-state index contributed by atoms with van der Waals surface area (Å²) in [7, 11) is 1.67. The second kappa shape index (κ2) is 10.1. The number of benzene rings is 3. The molecule has 1 aliphatic rings. The molecule has 3 aromatic carbocycles. The summed E-state index contributed by atoms with van der Waals surface area (Å²) in [4.78, 5) is 8.50. The SMILES string of the molecule is C=Nc1c2c(n(-c3ccc(Oc4cccc(NCc5ccccc5)c4)cc3)c1C(N)=NC)COC2C. The van der Waals surface area contributed by atoms with Gasteiger partial charge >= 0.3 is 0 Å². The second-order valence-electron chi connectivity index (χ2n) is 8.58. The largest absolute Gasteiger partial charge is 0.457 e. The number of hydrogen-bond acceptors (Lipinski definition) is 5. The molecule has 0 fully saturated rings. The Hall–Kier alpha value is -4.36. The lowest BCUT2D eigenvalue weighted by molar-refractivity contribution is 0.0777. The van der Waals surface area contributed by atoms with Crippen LogP contribution < -0.4 is 15.8 Å². The van der Waals surface area contributed by atoms with Crippen LogP contribution in [-0.4, -0.2) is 24.2 Å². The Morgan fingerprint density at radius 3 is 2.58 bits per heavy atom. The van der Waals surface area contributed by atoms with Crippen LogP contribution in [-0.2, 0) is 17.9 Å². The summed E-state index contributed by atoms with van der Waals surface area (Å²) < 4.78 is 14.1. The van der Waals surface area contributed by atoms with E-state index in [-0.39, 0.29) is 6.10 Å². The number of hydrogen-bond donors (Lipinski definition) is 2. The van der Waals surface area contributed by atoms with Crippen molar-refractivity contribution < 1.29 is 9.47 Å². The van der Waals surface area contributed by atoms with Crippen molar-refractivity contribution in [1.29, 1.82) is 0 Å². The van der Waals surface area contributed by atoms with Crippen molar-refractivity contribution in [3.05, 3.63) is 101 Å². The number of aliphatic imine (C=N–C) groups is 2. The first-order chi connectivity index (χ1) is 17.6. The van der Waals surface area contributed by atoms with Crippen molar-refractivity contribution in [2.45, 2.75) is 26.2 Å². The first kappa shape index (κ1) is 23.4. The third-order valence-electron chi connectivity index (χ3n) is 6.31. The van der Waals surface area contributed by atoms with E-state index in [1.165, 1.54) is 5.56 Å². The number of amidine groups is 1. The van der Waals surface area contributed by atoms with Gasteiger partial charge in [0, 0.05) is 36.6 Å². The zero-order chi connectivity index (χ0) is 25.1. The number of fused-ring (bicyclic) bond motifs is 1. The lowest BCUT2D eigenvalue weighted by Crippen LogP contribution is -2.19. The molecule has 0 saturated carbocycles. The molecule has 0 amide bonds. The van der Waals surface area contributed by atoms with Crippen molar-refractivity contribution in [2.24, 2.45) is 15.7 Å². The molecule has 0 bridgehead atoms. The summed E-state index contributed by atoms with van der Waals surface area (Å²) in [6.07, 6.45) is -0.0875. The maximum Gasteiger partial charge on any atom is 0.145 e. The summed E-state index contributed by atoms with van der Waals surface area (Å²) >= 11 is 0. The van der Waals surface area contributed by atoms with Gasteiger partial charge in [0.05, 0.1) is 24.1 Å². The van der Waals surface area contributed by atoms with Gasteiger partial charge in [0.1, 0.15) is 23.0 Å². The third kappa shape index (κ3) is 4.48. The number of nitrogens with two attached hydrogens (primary N) is 1. The molecule has 7 heteroatoms. The molecule has 0 spiro atoms. The maximum atomic E-state index is 6.29. The first-order valence-electron chi connectivity index (χ1n) is 11.8. The van der Waals surface area contributed by atoms with Gasteiger partial charge in [0.15, 0.2) is 0 Å². The van der Waals surface area contributed by atoms with Crippen LogP contribution in [0.5, 0.6) is 11.5 Å². The normalized spacial score (nSPS) is 14.9. The van der Waals surface area contributed by atoms with Crippen molar-refractivity contribution in [2.75, 3.05) is 12.4 Å². The van der Waals surface area contributed by atoms with Crippen molar-refractivity contribution in [3.63, 3.8) is 0 Å². The van der Waals surface area contributed by atoms with E-state index in [2.05, 4.69) is 38.7 Å². The number of aromatic nitrogens is 1. The van der Waals surface area contributed by atoms with E-state index in [0.29, 0.717) is 12.4 Å². The highest BCUT2D eigenvalue weighted by atomic mass is 16.5. The quantitative estimate of drug-likeness (QED) is 0.235. The number of rotatable bonds is 8. The van der Waals surface area contributed by atoms with Gasteiger partial charge in [0.25, 0.3) is 0 Å². The van der Waals surface area contributed by atoms with Crippen LogP contribution >= 0.6 is 0 Å². The minimum atomic E-state index is -0.0875. The Bertz CT molecular complexity index is 1410. The molecule has 182 valence electrons. The molecule has 0 aliphatic carbocycles. The molecule has 4 aromatic rings. The Labute approximate surface area is 210 Å². The molecule has 1 aliphatic heterocycles. The molecule has 36 heavy (non-hydrogen) atoms. The number of nitrogens with one attached hydrogen (secondary N) is 1. The smallest absolute Gasteiger partial charge is 0.145 e. The molecule has 0 radical (unpaired) electrons. The molecule has 1 atom stereocenters. The number of anilines is 1. The van der Waals surface area contributed by atoms with Crippen LogP contribution in [0.4, 0.5) is 11.4 Å². The standard InChI is InChI=1S/C29H29N5O2/c1-19-26-25(18-35-19)34(28(27(26)31-2)29(30)32-3)22-12-14-23(15-13-22)36-24-11-7-10-21(16-24)33-17-20-8-5-4-6-9-20/h4-16,19,33H,2,17-18H2,1,3H3,(H2,30,32). The van der Waals surface area contributed by atoms with Crippen LogP contribution in [0.2, 0.25) is 0 Å². The Morgan fingerprint density at radius 2 is 1.86 bits per heavy atom. The summed E-state index contributed by atoms with van der Waals surface area (Å²) in [5.74, 6) is 1.89. The van der Waals surface area contributed by atoms with E-state index in [9.17, 15) is 0 Å². The molecule has 5 rings (SSSR count). The highest BCUT2D eigenvalue weighted by Crippen LogP contribution is 2.43. The first-order valence-corrected chi connectivity index (χ1v) is 11.8. The zero-order valence-electron chi connectivity index (χ0n) is 20.4. The predicted octanol–water partition coefficient (Wildman–Crippen LogP) is 6.14. The third-order valence-corrected chi connectivity index (χ3v) is 6.31. The van der Waals surface area contributed by atoms with E-state index in [4.69, 9.17) is 15.2 Å². The average molecular weight is 480 g/mol. The monoisotopic (exact) mass is 479 g/mol. The fourth-order valence-electron chi connectivity index (χ4n) is 4.54. The number of nitrogens with zero attached hydrogens (tertiary/aromatic N) is 3. The summed E-state index contributed by atoms with van der Waals surface area (Å²) in [6.45, 7) is 6.99. The maximum absolute atomic E-state index is 6.29. The minimum Gasteiger partial charge on any atom is -0.457 e. The molecule has 3 N–H and O–H groups in total. The molecule has 7 nitrogen and oxygen atoms in total. The minimum absolute atomic E-state index is 0.0875.